The summed E-state index contributed by atoms with van der Waals surface area (Å²) in [6.07, 6.45) is 0. The van der Waals surface area contributed by atoms with Gasteiger partial charge in [-0.25, -0.2) is 23.1 Å². The Kier molecular flexibility index (Phi) is 4.07. The highest BCUT2D eigenvalue weighted by Gasteiger charge is 2.14. The maximum atomic E-state index is 13.6. The van der Waals surface area contributed by atoms with Gasteiger partial charge in [0, 0.05) is 12.6 Å². The molecule has 2 N–H and O–H groups in total. The number of benzene rings is 1. The van der Waals surface area contributed by atoms with Crippen LogP contribution >= 0.6 is 0 Å². The lowest BCUT2D eigenvalue weighted by Crippen LogP contribution is -2.05. The zero-order valence-electron chi connectivity index (χ0n) is 11.0. The molecule has 0 aliphatic heterocycles. The number of aryl methyl sites for hydroxylation is 1. The summed E-state index contributed by atoms with van der Waals surface area (Å²) < 4.78 is 39.5. The topological polar surface area (TPSA) is 49.8 Å². The van der Waals surface area contributed by atoms with Gasteiger partial charge in [-0.15, -0.1) is 0 Å². The molecule has 1 heterocycles. The van der Waals surface area contributed by atoms with Crippen LogP contribution in [0.5, 0.6) is 0 Å². The third-order valence-electron chi connectivity index (χ3n) is 2.49. The van der Waals surface area contributed by atoms with Crippen molar-refractivity contribution in [1.29, 1.82) is 0 Å². The van der Waals surface area contributed by atoms with E-state index in [-0.39, 0.29) is 5.69 Å². The van der Waals surface area contributed by atoms with Crippen LogP contribution in [-0.4, -0.2) is 16.5 Å². The first-order valence-corrected chi connectivity index (χ1v) is 6.01. The second-order valence-electron chi connectivity index (χ2n) is 4.06. The first kappa shape index (κ1) is 14.1. The van der Waals surface area contributed by atoms with Crippen LogP contribution in [0.15, 0.2) is 18.2 Å². The van der Waals surface area contributed by atoms with Gasteiger partial charge in [0.1, 0.15) is 17.5 Å². The highest BCUT2D eigenvalue weighted by Crippen LogP contribution is 2.23. The van der Waals surface area contributed by atoms with Crippen LogP contribution in [0.1, 0.15) is 12.7 Å². The van der Waals surface area contributed by atoms with Crippen molar-refractivity contribution < 1.29 is 13.2 Å². The zero-order chi connectivity index (χ0) is 14.7. The van der Waals surface area contributed by atoms with Gasteiger partial charge in [0.05, 0.1) is 5.69 Å². The molecule has 1 aromatic carbocycles. The van der Waals surface area contributed by atoms with Crippen molar-refractivity contribution in [2.24, 2.45) is 0 Å². The Morgan fingerprint density at radius 3 is 2.45 bits per heavy atom. The Bertz CT molecular complexity index is 631. The lowest BCUT2D eigenvalue weighted by Gasteiger charge is -2.10. The molecular formula is C13H13F3N4. The molecule has 0 aliphatic carbocycles. The SMILES string of the molecule is CCNc1cc(Nc2ccc(F)c(F)c2F)nc(C)n1. The van der Waals surface area contributed by atoms with Crippen LogP contribution < -0.4 is 10.6 Å². The molecule has 4 nitrogen and oxygen atoms in total. The molecule has 0 spiro atoms. The Hall–Kier alpha value is -2.31. The summed E-state index contributed by atoms with van der Waals surface area (Å²) in [5.74, 6) is -2.73. The van der Waals surface area contributed by atoms with E-state index in [0.717, 1.165) is 12.1 Å². The summed E-state index contributed by atoms with van der Waals surface area (Å²) in [4.78, 5) is 8.19. The minimum absolute atomic E-state index is 0.190. The van der Waals surface area contributed by atoms with E-state index in [2.05, 4.69) is 20.6 Å². The van der Waals surface area contributed by atoms with E-state index in [1.54, 1.807) is 13.0 Å². The van der Waals surface area contributed by atoms with Crippen LogP contribution in [0, 0.1) is 24.4 Å². The van der Waals surface area contributed by atoms with Crippen molar-refractivity contribution in [2.45, 2.75) is 13.8 Å². The van der Waals surface area contributed by atoms with Crippen molar-refractivity contribution in [2.75, 3.05) is 17.2 Å². The Balaban J connectivity index is 2.32. The minimum Gasteiger partial charge on any atom is -0.370 e. The Labute approximate surface area is 114 Å². The van der Waals surface area contributed by atoms with Crippen molar-refractivity contribution in [3.05, 3.63) is 41.5 Å². The van der Waals surface area contributed by atoms with E-state index >= 15 is 0 Å². The monoisotopic (exact) mass is 282 g/mol. The van der Waals surface area contributed by atoms with Crippen LogP contribution in [0.3, 0.4) is 0 Å². The summed E-state index contributed by atoms with van der Waals surface area (Å²) in [5, 5.41) is 5.60. The Morgan fingerprint density at radius 1 is 1.05 bits per heavy atom. The van der Waals surface area contributed by atoms with Crippen LogP contribution in [-0.2, 0) is 0 Å². The first-order chi connectivity index (χ1) is 9.51. The maximum absolute atomic E-state index is 13.6. The van der Waals surface area contributed by atoms with E-state index in [0.29, 0.717) is 24.0 Å². The van der Waals surface area contributed by atoms with Crippen molar-refractivity contribution in [3.8, 4) is 0 Å². The smallest absolute Gasteiger partial charge is 0.196 e. The zero-order valence-corrected chi connectivity index (χ0v) is 11.0. The molecule has 2 rings (SSSR count). The van der Waals surface area contributed by atoms with Crippen LogP contribution in [0.2, 0.25) is 0 Å². The number of hydrogen-bond donors (Lipinski definition) is 2. The van der Waals surface area contributed by atoms with Gasteiger partial charge >= 0.3 is 0 Å². The second kappa shape index (κ2) is 5.77. The molecule has 0 saturated carbocycles. The standard InChI is InChI=1S/C13H13F3N4/c1-3-17-10-6-11(19-7(2)18-10)20-9-5-4-8(14)12(15)13(9)16/h4-6H,3H2,1-2H3,(H2,17,18,19,20). The number of anilines is 3. The summed E-state index contributed by atoms with van der Waals surface area (Å²) >= 11 is 0. The third kappa shape index (κ3) is 2.98. The van der Waals surface area contributed by atoms with E-state index in [1.807, 2.05) is 6.92 Å². The average molecular weight is 282 g/mol. The van der Waals surface area contributed by atoms with Gasteiger partial charge < -0.3 is 10.6 Å². The van der Waals surface area contributed by atoms with E-state index < -0.39 is 17.5 Å². The number of halogens is 3. The molecule has 0 fully saturated rings. The van der Waals surface area contributed by atoms with Gasteiger partial charge in [-0.1, -0.05) is 0 Å². The lowest BCUT2D eigenvalue weighted by atomic mass is 10.2. The highest BCUT2D eigenvalue weighted by atomic mass is 19.2. The highest BCUT2D eigenvalue weighted by molar-refractivity contribution is 5.59. The number of hydrogen-bond acceptors (Lipinski definition) is 4. The second-order valence-corrected chi connectivity index (χ2v) is 4.06. The van der Waals surface area contributed by atoms with Gasteiger partial charge in [0.2, 0.25) is 0 Å². The van der Waals surface area contributed by atoms with Gasteiger partial charge in [-0.05, 0) is 26.0 Å². The van der Waals surface area contributed by atoms with Crippen LogP contribution in [0.25, 0.3) is 0 Å². The largest absolute Gasteiger partial charge is 0.370 e. The predicted molar refractivity (Wildman–Crippen MR) is 70.5 cm³/mol. The number of rotatable bonds is 4. The molecule has 0 unspecified atom stereocenters. The predicted octanol–water partition coefficient (Wildman–Crippen LogP) is 3.38. The fourth-order valence-corrected chi connectivity index (χ4v) is 1.66. The molecule has 0 atom stereocenters. The molecule has 0 saturated heterocycles. The van der Waals surface area contributed by atoms with Gasteiger partial charge in [-0.2, -0.15) is 0 Å². The molecule has 0 aliphatic rings. The fraction of sp³-hybridized carbons (Fsp3) is 0.231. The lowest BCUT2D eigenvalue weighted by molar-refractivity contribution is 0.449. The molecule has 0 radical (unpaired) electrons. The molecule has 0 amide bonds. The normalized spacial score (nSPS) is 10.4. The summed E-state index contributed by atoms with van der Waals surface area (Å²) in [7, 11) is 0. The third-order valence-corrected chi connectivity index (χ3v) is 2.49. The summed E-state index contributed by atoms with van der Waals surface area (Å²) in [6.45, 7) is 4.24. The van der Waals surface area contributed by atoms with Gasteiger partial charge in [0.25, 0.3) is 0 Å². The average Bonchev–Trinajstić information content (AvgIpc) is 2.39. The minimum atomic E-state index is -1.52. The number of nitrogens with zero attached hydrogens (tertiary/aromatic N) is 2. The molecule has 20 heavy (non-hydrogen) atoms. The Morgan fingerprint density at radius 2 is 1.75 bits per heavy atom. The number of aromatic nitrogens is 2. The van der Waals surface area contributed by atoms with E-state index in [1.165, 1.54) is 0 Å². The van der Waals surface area contributed by atoms with Gasteiger partial charge in [0.15, 0.2) is 17.5 Å². The van der Waals surface area contributed by atoms with Crippen LogP contribution in [0.4, 0.5) is 30.5 Å². The van der Waals surface area contributed by atoms with E-state index in [4.69, 9.17) is 0 Å². The molecule has 106 valence electrons. The number of nitrogens with one attached hydrogen (secondary N) is 2. The quantitative estimate of drug-likeness (QED) is 0.844. The van der Waals surface area contributed by atoms with Crippen molar-refractivity contribution >= 4 is 17.3 Å². The molecule has 1 aromatic heterocycles. The van der Waals surface area contributed by atoms with Gasteiger partial charge in [-0.3, -0.25) is 0 Å². The molecule has 2 aromatic rings. The fourth-order valence-electron chi connectivity index (χ4n) is 1.66. The first-order valence-electron chi connectivity index (χ1n) is 6.01. The van der Waals surface area contributed by atoms with Crippen molar-refractivity contribution in [1.82, 2.24) is 9.97 Å². The maximum Gasteiger partial charge on any atom is 0.196 e. The summed E-state index contributed by atoms with van der Waals surface area (Å²) in [6, 6.07) is 3.51. The molecule has 0 bridgehead atoms. The summed E-state index contributed by atoms with van der Waals surface area (Å²) in [5.41, 5.74) is -0.190. The molecule has 7 heteroatoms. The van der Waals surface area contributed by atoms with Crippen molar-refractivity contribution in [3.63, 3.8) is 0 Å². The van der Waals surface area contributed by atoms with E-state index in [9.17, 15) is 13.2 Å². The molecular weight excluding hydrogens is 269 g/mol.